The molecule has 0 saturated heterocycles. The molecule has 0 atom stereocenters. The predicted molar refractivity (Wildman–Crippen MR) is 73.2 cm³/mol. The van der Waals surface area contributed by atoms with Crippen LogP contribution in [0.5, 0.6) is 0 Å². The minimum atomic E-state index is -0.934. The highest BCUT2D eigenvalue weighted by molar-refractivity contribution is 5.92. The average molecular weight is 261 g/mol. The van der Waals surface area contributed by atoms with Crippen molar-refractivity contribution >= 4 is 17.0 Å². The maximum Gasteiger partial charge on any atom is 0.335 e. The van der Waals surface area contributed by atoms with Gasteiger partial charge in [0.1, 0.15) is 5.52 Å². The Morgan fingerprint density at radius 2 is 2.05 bits per heavy atom. The van der Waals surface area contributed by atoms with E-state index in [9.17, 15) is 4.79 Å². The first-order valence-corrected chi connectivity index (χ1v) is 6.79. The number of aromatic carboxylic acids is 1. The zero-order chi connectivity index (χ0) is 13.7. The Labute approximate surface area is 112 Å². The average Bonchev–Trinajstić information content (AvgIpc) is 2.81. The Morgan fingerprint density at radius 3 is 2.79 bits per heavy atom. The van der Waals surface area contributed by atoms with Crippen molar-refractivity contribution in [2.75, 3.05) is 0 Å². The first-order valence-electron chi connectivity index (χ1n) is 6.79. The van der Waals surface area contributed by atoms with Gasteiger partial charge >= 0.3 is 5.97 Å². The van der Waals surface area contributed by atoms with Crippen LogP contribution in [0.1, 0.15) is 49.4 Å². The quantitative estimate of drug-likeness (QED) is 0.778. The van der Waals surface area contributed by atoms with Crippen LogP contribution in [0.4, 0.5) is 0 Å². The molecule has 1 heterocycles. The predicted octanol–water partition coefficient (Wildman–Crippen LogP) is 3.10. The molecule has 2 aromatic rings. The minimum Gasteiger partial charge on any atom is -0.478 e. The molecule has 0 bridgehead atoms. The number of aromatic nitrogens is 3. The van der Waals surface area contributed by atoms with Crippen LogP contribution in [0.25, 0.3) is 11.0 Å². The monoisotopic (exact) mass is 261 g/mol. The number of hydrogen-bond donors (Lipinski definition) is 1. The summed E-state index contributed by atoms with van der Waals surface area (Å²) in [5, 5.41) is 17.0. The summed E-state index contributed by atoms with van der Waals surface area (Å²) in [6, 6.07) is 4.95. The number of carboxylic acids is 1. The third-order valence-corrected chi connectivity index (χ3v) is 3.23. The summed E-state index contributed by atoms with van der Waals surface area (Å²) in [5.41, 5.74) is 1.80. The number of nitrogens with zero attached hydrogens (tertiary/aromatic N) is 3. The van der Waals surface area contributed by atoms with Crippen LogP contribution in [0.2, 0.25) is 0 Å². The van der Waals surface area contributed by atoms with Crippen molar-refractivity contribution < 1.29 is 9.90 Å². The number of unbranched alkanes of at least 4 members (excludes halogenated alkanes) is 4. The van der Waals surface area contributed by atoms with Gasteiger partial charge < -0.3 is 5.11 Å². The van der Waals surface area contributed by atoms with E-state index >= 15 is 0 Å². The van der Waals surface area contributed by atoms with Crippen molar-refractivity contribution in [2.45, 2.75) is 45.6 Å². The number of benzene rings is 1. The number of rotatable bonds is 7. The molecule has 0 fully saturated rings. The van der Waals surface area contributed by atoms with Gasteiger partial charge in [0.15, 0.2) is 0 Å². The maximum absolute atomic E-state index is 10.9. The molecular formula is C14H19N3O2. The van der Waals surface area contributed by atoms with E-state index < -0.39 is 5.97 Å². The van der Waals surface area contributed by atoms with E-state index in [1.54, 1.807) is 18.2 Å². The number of hydrogen-bond acceptors (Lipinski definition) is 3. The molecule has 0 aliphatic rings. The van der Waals surface area contributed by atoms with Crippen molar-refractivity contribution in [3.63, 3.8) is 0 Å². The summed E-state index contributed by atoms with van der Waals surface area (Å²) in [5.74, 6) is -0.934. The van der Waals surface area contributed by atoms with Crippen LogP contribution in [-0.4, -0.2) is 26.1 Å². The molecule has 1 N–H and O–H groups in total. The summed E-state index contributed by atoms with van der Waals surface area (Å²) < 4.78 is 1.85. The van der Waals surface area contributed by atoms with E-state index in [4.69, 9.17) is 5.11 Å². The molecule has 0 amide bonds. The zero-order valence-corrected chi connectivity index (χ0v) is 11.2. The Bertz CT molecular complexity index is 563. The van der Waals surface area contributed by atoms with Crippen LogP contribution < -0.4 is 0 Å². The molecule has 0 spiro atoms. The Morgan fingerprint density at radius 1 is 1.26 bits per heavy atom. The largest absolute Gasteiger partial charge is 0.478 e. The highest BCUT2D eigenvalue weighted by atomic mass is 16.4. The molecular weight excluding hydrogens is 242 g/mol. The van der Waals surface area contributed by atoms with Crippen LogP contribution in [0, 0.1) is 0 Å². The van der Waals surface area contributed by atoms with Gasteiger partial charge in [-0.2, -0.15) is 0 Å². The van der Waals surface area contributed by atoms with Gasteiger partial charge in [0.05, 0.1) is 11.1 Å². The molecule has 0 aliphatic carbocycles. The third-order valence-electron chi connectivity index (χ3n) is 3.23. The molecule has 102 valence electrons. The van der Waals surface area contributed by atoms with Gasteiger partial charge in [-0.15, -0.1) is 5.10 Å². The fraction of sp³-hybridized carbons (Fsp3) is 0.500. The molecule has 5 heteroatoms. The fourth-order valence-corrected chi connectivity index (χ4v) is 2.14. The Hall–Kier alpha value is -1.91. The van der Waals surface area contributed by atoms with Crippen molar-refractivity contribution in [2.24, 2.45) is 0 Å². The minimum absolute atomic E-state index is 0.252. The molecule has 0 radical (unpaired) electrons. The van der Waals surface area contributed by atoms with Crippen LogP contribution in [0.15, 0.2) is 18.2 Å². The number of carbonyl (C=O) groups is 1. The first kappa shape index (κ1) is 13.5. The smallest absolute Gasteiger partial charge is 0.335 e. The van der Waals surface area contributed by atoms with Gasteiger partial charge in [-0.25, -0.2) is 9.48 Å². The van der Waals surface area contributed by atoms with Gasteiger partial charge in [-0.05, 0) is 24.6 Å². The fourth-order valence-electron chi connectivity index (χ4n) is 2.14. The van der Waals surface area contributed by atoms with Crippen LogP contribution in [0.3, 0.4) is 0 Å². The maximum atomic E-state index is 10.9. The summed E-state index contributed by atoms with van der Waals surface area (Å²) in [6.07, 6.45) is 6.05. The standard InChI is InChI=1S/C14H19N3O2/c1-2-3-4-5-6-9-17-13-8-7-11(14(18)19)10-12(13)15-16-17/h7-8,10H,2-6,9H2,1H3,(H,18,19). The lowest BCUT2D eigenvalue weighted by molar-refractivity contribution is 0.0697. The van der Waals surface area contributed by atoms with Crippen molar-refractivity contribution in [3.05, 3.63) is 23.8 Å². The van der Waals surface area contributed by atoms with Gasteiger partial charge in [-0.1, -0.05) is 37.8 Å². The van der Waals surface area contributed by atoms with Crippen LogP contribution >= 0.6 is 0 Å². The normalized spacial score (nSPS) is 11.0. The second kappa shape index (κ2) is 6.31. The SMILES string of the molecule is CCCCCCCn1nnc2cc(C(=O)O)ccc21. The third kappa shape index (κ3) is 3.30. The van der Waals surface area contributed by atoms with Crippen molar-refractivity contribution in [1.29, 1.82) is 0 Å². The van der Waals surface area contributed by atoms with E-state index in [2.05, 4.69) is 17.2 Å². The lowest BCUT2D eigenvalue weighted by Crippen LogP contribution is -2.00. The number of carboxylic acid groups (broad SMARTS) is 1. The van der Waals surface area contributed by atoms with E-state index in [-0.39, 0.29) is 5.56 Å². The molecule has 2 rings (SSSR count). The summed E-state index contributed by atoms with van der Waals surface area (Å²) >= 11 is 0. The highest BCUT2D eigenvalue weighted by Gasteiger charge is 2.08. The molecule has 0 aliphatic heterocycles. The Balaban J connectivity index is 2.02. The van der Waals surface area contributed by atoms with Gasteiger partial charge in [0.2, 0.25) is 0 Å². The summed E-state index contributed by atoms with van der Waals surface area (Å²) in [4.78, 5) is 10.9. The number of aryl methyl sites for hydroxylation is 1. The topological polar surface area (TPSA) is 68.0 Å². The van der Waals surface area contributed by atoms with Gasteiger partial charge in [-0.3, -0.25) is 0 Å². The van der Waals surface area contributed by atoms with Crippen molar-refractivity contribution in [3.8, 4) is 0 Å². The van der Waals surface area contributed by atoms with E-state index in [0.717, 1.165) is 18.5 Å². The molecule has 0 unspecified atom stereocenters. The second-order valence-corrected chi connectivity index (χ2v) is 4.74. The Kier molecular flexibility index (Phi) is 4.49. The van der Waals surface area contributed by atoms with Crippen LogP contribution in [-0.2, 0) is 6.54 Å². The lowest BCUT2D eigenvalue weighted by Gasteiger charge is -2.02. The highest BCUT2D eigenvalue weighted by Crippen LogP contribution is 2.14. The van der Waals surface area contributed by atoms with E-state index in [0.29, 0.717) is 5.52 Å². The van der Waals surface area contributed by atoms with E-state index in [1.165, 1.54) is 25.7 Å². The van der Waals surface area contributed by atoms with E-state index in [1.807, 2.05) is 4.68 Å². The molecule has 1 aromatic carbocycles. The van der Waals surface area contributed by atoms with Crippen molar-refractivity contribution in [1.82, 2.24) is 15.0 Å². The number of fused-ring (bicyclic) bond motifs is 1. The first-order chi connectivity index (χ1) is 9.22. The van der Waals surface area contributed by atoms with Gasteiger partial charge in [0, 0.05) is 6.54 Å². The molecule has 5 nitrogen and oxygen atoms in total. The lowest BCUT2D eigenvalue weighted by atomic mass is 10.1. The summed E-state index contributed by atoms with van der Waals surface area (Å²) in [7, 11) is 0. The molecule has 1 aromatic heterocycles. The molecule has 19 heavy (non-hydrogen) atoms. The second-order valence-electron chi connectivity index (χ2n) is 4.74. The molecule has 0 saturated carbocycles. The summed E-state index contributed by atoms with van der Waals surface area (Å²) in [6.45, 7) is 3.04. The zero-order valence-electron chi connectivity index (χ0n) is 11.2. The van der Waals surface area contributed by atoms with Gasteiger partial charge in [0.25, 0.3) is 0 Å².